The fourth-order valence-electron chi connectivity index (χ4n) is 3.33. The van der Waals surface area contributed by atoms with Gasteiger partial charge in [0.05, 0.1) is 18.2 Å². The number of piperazine rings is 1. The second-order valence-corrected chi connectivity index (χ2v) is 9.66. The van der Waals surface area contributed by atoms with E-state index in [2.05, 4.69) is 4.98 Å². The van der Waals surface area contributed by atoms with E-state index in [1.54, 1.807) is 18.3 Å². The molecule has 1 saturated heterocycles. The third-order valence-corrected chi connectivity index (χ3v) is 7.43. The normalized spacial score (nSPS) is 16.2. The quantitative estimate of drug-likeness (QED) is 0.405. The molecule has 0 saturated carbocycles. The van der Waals surface area contributed by atoms with Crippen molar-refractivity contribution in [1.29, 1.82) is 0 Å². The number of ether oxygens (including phenoxy) is 1. The molecule has 1 amide bonds. The molecule has 1 fully saturated rings. The standard InChI is InChI=1S/C20H26ClN5O5S/c1-24(18(20(27)23-28)15-31-14-16-5-3-2-4-6-16)32(29,30)26-11-9-25(10-12-26)19-8-7-17(21)13-22-19/h2-8,13,18,28H,9-12,14-15H2,1H3,(H,23,27)/t18-/m0/s1. The molecule has 1 aliphatic rings. The van der Waals surface area contributed by atoms with Crippen molar-refractivity contribution in [2.75, 3.05) is 44.7 Å². The van der Waals surface area contributed by atoms with Crippen molar-refractivity contribution in [3.8, 4) is 0 Å². The second kappa shape index (κ2) is 11.0. The van der Waals surface area contributed by atoms with Gasteiger partial charge in [-0.05, 0) is 17.7 Å². The van der Waals surface area contributed by atoms with E-state index >= 15 is 0 Å². The van der Waals surface area contributed by atoms with Crippen LogP contribution in [0.25, 0.3) is 0 Å². The van der Waals surface area contributed by atoms with Gasteiger partial charge in [-0.15, -0.1) is 0 Å². The molecular weight excluding hydrogens is 458 g/mol. The Balaban J connectivity index is 1.62. The maximum Gasteiger partial charge on any atom is 0.282 e. The fourth-order valence-corrected chi connectivity index (χ4v) is 4.91. The number of halogens is 1. The Labute approximate surface area is 192 Å². The summed E-state index contributed by atoms with van der Waals surface area (Å²) in [4.78, 5) is 18.4. The molecule has 0 unspecified atom stereocenters. The van der Waals surface area contributed by atoms with E-state index in [4.69, 9.17) is 21.5 Å². The molecular formula is C20H26ClN5O5S. The van der Waals surface area contributed by atoms with Crippen LogP contribution in [0.3, 0.4) is 0 Å². The van der Waals surface area contributed by atoms with Crippen LogP contribution in [0.2, 0.25) is 5.02 Å². The minimum absolute atomic E-state index is 0.205. The minimum atomic E-state index is -3.98. The lowest BCUT2D eigenvalue weighted by molar-refractivity contribution is -0.135. The minimum Gasteiger partial charge on any atom is -0.375 e. The van der Waals surface area contributed by atoms with Gasteiger partial charge in [0, 0.05) is 39.4 Å². The number of carbonyl (C=O) groups is 1. The summed E-state index contributed by atoms with van der Waals surface area (Å²) >= 11 is 5.87. The van der Waals surface area contributed by atoms with Gasteiger partial charge in [0.15, 0.2) is 0 Å². The van der Waals surface area contributed by atoms with Gasteiger partial charge < -0.3 is 9.64 Å². The number of anilines is 1. The monoisotopic (exact) mass is 483 g/mol. The molecule has 2 heterocycles. The highest BCUT2D eigenvalue weighted by Crippen LogP contribution is 2.19. The Morgan fingerprint density at radius 1 is 1.22 bits per heavy atom. The summed E-state index contributed by atoms with van der Waals surface area (Å²) in [5.74, 6) is -0.153. The lowest BCUT2D eigenvalue weighted by atomic mass is 10.2. The lowest BCUT2D eigenvalue weighted by Crippen LogP contribution is -2.57. The Morgan fingerprint density at radius 2 is 1.91 bits per heavy atom. The van der Waals surface area contributed by atoms with Gasteiger partial charge in [-0.3, -0.25) is 10.0 Å². The first kappa shape index (κ1) is 24.4. The molecule has 0 bridgehead atoms. The fraction of sp³-hybridized carbons (Fsp3) is 0.400. The van der Waals surface area contributed by atoms with E-state index in [0.29, 0.717) is 23.9 Å². The van der Waals surface area contributed by atoms with Gasteiger partial charge in [-0.25, -0.2) is 10.5 Å². The van der Waals surface area contributed by atoms with Gasteiger partial charge in [0.1, 0.15) is 11.9 Å². The number of amides is 1. The van der Waals surface area contributed by atoms with Crippen LogP contribution in [0.4, 0.5) is 5.82 Å². The summed E-state index contributed by atoms with van der Waals surface area (Å²) in [6, 6.07) is 11.6. The molecule has 2 aromatic rings. The number of benzene rings is 1. The number of carbonyl (C=O) groups excluding carboxylic acids is 1. The highest BCUT2D eigenvalue weighted by Gasteiger charge is 2.37. The molecule has 2 N–H and O–H groups in total. The van der Waals surface area contributed by atoms with Crippen molar-refractivity contribution in [3.63, 3.8) is 0 Å². The third-order valence-electron chi connectivity index (χ3n) is 5.20. The summed E-state index contributed by atoms with van der Waals surface area (Å²) in [5.41, 5.74) is 2.41. The second-order valence-electron chi connectivity index (χ2n) is 7.24. The highest BCUT2D eigenvalue weighted by molar-refractivity contribution is 7.86. The third kappa shape index (κ3) is 5.94. The average molecular weight is 484 g/mol. The predicted molar refractivity (Wildman–Crippen MR) is 120 cm³/mol. The Hall–Kier alpha value is -2.28. The van der Waals surface area contributed by atoms with Gasteiger partial charge >= 0.3 is 0 Å². The number of nitrogens with zero attached hydrogens (tertiary/aromatic N) is 4. The Morgan fingerprint density at radius 3 is 2.50 bits per heavy atom. The lowest BCUT2D eigenvalue weighted by Gasteiger charge is -2.37. The molecule has 32 heavy (non-hydrogen) atoms. The molecule has 12 heteroatoms. The van der Waals surface area contributed by atoms with Crippen LogP contribution in [-0.4, -0.2) is 79.0 Å². The van der Waals surface area contributed by atoms with Gasteiger partial charge in [0.2, 0.25) is 0 Å². The maximum absolute atomic E-state index is 13.2. The van der Waals surface area contributed by atoms with Crippen LogP contribution in [0.15, 0.2) is 48.7 Å². The van der Waals surface area contributed by atoms with Gasteiger partial charge in [0.25, 0.3) is 16.1 Å². The molecule has 0 radical (unpaired) electrons. The van der Waals surface area contributed by atoms with Crippen LogP contribution in [0, 0.1) is 0 Å². The maximum atomic E-state index is 13.2. The molecule has 0 spiro atoms. The summed E-state index contributed by atoms with van der Waals surface area (Å²) in [5, 5.41) is 9.64. The van der Waals surface area contributed by atoms with E-state index in [-0.39, 0.29) is 26.3 Å². The van der Waals surface area contributed by atoms with Crippen LogP contribution < -0.4 is 10.4 Å². The summed E-state index contributed by atoms with van der Waals surface area (Å²) < 4.78 is 34.1. The van der Waals surface area contributed by atoms with Crippen molar-refractivity contribution in [2.24, 2.45) is 0 Å². The number of hydroxylamine groups is 1. The SMILES string of the molecule is CN([C@@H](COCc1ccccc1)C(=O)NO)S(=O)(=O)N1CCN(c2ccc(Cl)cn2)CC1. The van der Waals surface area contributed by atoms with Gasteiger partial charge in [-0.2, -0.15) is 17.0 Å². The van der Waals surface area contributed by atoms with Crippen molar-refractivity contribution in [3.05, 3.63) is 59.2 Å². The number of rotatable bonds is 9. The number of aromatic nitrogens is 1. The van der Waals surface area contributed by atoms with Crippen molar-refractivity contribution in [2.45, 2.75) is 12.6 Å². The van der Waals surface area contributed by atoms with Crippen LogP contribution >= 0.6 is 11.6 Å². The molecule has 1 aromatic carbocycles. The van der Waals surface area contributed by atoms with Crippen LogP contribution in [0.5, 0.6) is 0 Å². The molecule has 1 atom stereocenters. The summed E-state index contributed by atoms with van der Waals surface area (Å²) in [6.07, 6.45) is 1.54. The molecule has 1 aromatic heterocycles. The van der Waals surface area contributed by atoms with Crippen LogP contribution in [-0.2, 0) is 26.3 Å². The predicted octanol–water partition coefficient (Wildman–Crippen LogP) is 1.12. The number of nitrogens with one attached hydrogen (secondary N) is 1. The number of hydrogen-bond acceptors (Lipinski definition) is 7. The zero-order chi connectivity index (χ0) is 23.1. The first-order valence-electron chi connectivity index (χ1n) is 9.98. The molecule has 10 nitrogen and oxygen atoms in total. The zero-order valence-electron chi connectivity index (χ0n) is 17.6. The van der Waals surface area contributed by atoms with Crippen molar-refractivity contribution in [1.82, 2.24) is 19.1 Å². The first-order valence-corrected chi connectivity index (χ1v) is 11.8. The topological polar surface area (TPSA) is 115 Å². The smallest absolute Gasteiger partial charge is 0.282 e. The van der Waals surface area contributed by atoms with E-state index in [9.17, 15) is 13.2 Å². The van der Waals surface area contributed by atoms with Crippen molar-refractivity contribution < 1.29 is 23.2 Å². The number of likely N-dealkylation sites (N-methyl/N-ethyl adjacent to an activating group) is 1. The zero-order valence-corrected chi connectivity index (χ0v) is 19.2. The molecule has 1 aliphatic heterocycles. The largest absolute Gasteiger partial charge is 0.375 e. The summed E-state index contributed by atoms with van der Waals surface area (Å²) in [6.45, 7) is 1.29. The van der Waals surface area contributed by atoms with Crippen molar-refractivity contribution >= 4 is 33.5 Å². The van der Waals surface area contributed by atoms with Crippen LogP contribution in [0.1, 0.15) is 5.56 Å². The molecule has 3 rings (SSSR count). The molecule has 174 valence electrons. The average Bonchev–Trinajstić information content (AvgIpc) is 2.82. The summed E-state index contributed by atoms with van der Waals surface area (Å²) in [7, 11) is -2.68. The number of pyridine rings is 1. The highest BCUT2D eigenvalue weighted by atomic mass is 35.5. The van der Waals surface area contributed by atoms with Gasteiger partial charge in [-0.1, -0.05) is 41.9 Å². The number of hydrogen-bond donors (Lipinski definition) is 2. The van der Waals surface area contributed by atoms with E-state index in [1.165, 1.54) is 16.8 Å². The van der Waals surface area contributed by atoms with E-state index in [1.807, 2.05) is 35.2 Å². The Bertz CT molecular complexity index is 985. The first-order chi connectivity index (χ1) is 15.3. The Kier molecular flexibility index (Phi) is 8.40. The van der Waals surface area contributed by atoms with E-state index in [0.717, 1.165) is 9.87 Å². The van der Waals surface area contributed by atoms with E-state index < -0.39 is 22.2 Å². The molecule has 0 aliphatic carbocycles.